The van der Waals surface area contributed by atoms with E-state index in [1.807, 2.05) is 72.8 Å². The number of carbonyl (C=O) groups excluding carboxylic acids is 1. The number of nitrogens with zero attached hydrogens (tertiary/aromatic N) is 1. The molecule has 0 amide bonds. The molecule has 0 saturated heterocycles. The van der Waals surface area contributed by atoms with Crippen LogP contribution >= 0.6 is 0 Å². The van der Waals surface area contributed by atoms with Crippen LogP contribution in [0, 0.1) is 6.92 Å². The molecule has 2 N–H and O–H groups in total. The fourth-order valence-electron chi connectivity index (χ4n) is 6.46. The van der Waals surface area contributed by atoms with Gasteiger partial charge in [-0.1, -0.05) is 55.7 Å². The molecule has 2 heterocycles. The number of hydrogen-bond donors (Lipinski definition) is 2. The van der Waals surface area contributed by atoms with Crippen molar-refractivity contribution in [2.45, 2.75) is 50.7 Å². The minimum absolute atomic E-state index is 0.327. The molecule has 1 aliphatic carbocycles. The minimum atomic E-state index is -1.11. The fourth-order valence-corrected chi connectivity index (χ4v) is 6.46. The summed E-state index contributed by atoms with van der Waals surface area (Å²) in [7, 11) is 2.12. The molecule has 6 heteroatoms. The Bertz CT molecular complexity index is 1600. The van der Waals surface area contributed by atoms with E-state index in [1.54, 1.807) is 0 Å². The monoisotopic (exact) mass is 531 g/mol. The third-order valence-electron chi connectivity index (χ3n) is 8.54. The standard InChI is InChI=1S/C34H33N3O3/c1-22-19-31-29(21-30(22)35-23-11-5-3-6-12-23)34(27-16-10-9-15-26(27)33(38)40-34)28-18-17-24(20-32(28)39-31)36-37(2)25-13-7-4-8-14-25/h3,5-6,9-12,15-21,25,35-36H,4,7-8,13-14H2,1-2H3. The molecule has 1 spiro atoms. The van der Waals surface area contributed by atoms with Gasteiger partial charge in [-0.2, -0.15) is 0 Å². The zero-order valence-electron chi connectivity index (χ0n) is 22.9. The molecule has 1 atom stereocenters. The van der Waals surface area contributed by atoms with Gasteiger partial charge in [-0.3, -0.25) is 0 Å². The maximum atomic E-state index is 13.3. The summed E-state index contributed by atoms with van der Waals surface area (Å²) >= 11 is 0. The van der Waals surface area contributed by atoms with Gasteiger partial charge < -0.3 is 20.2 Å². The molecule has 40 heavy (non-hydrogen) atoms. The highest BCUT2D eigenvalue weighted by atomic mass is 16.6. The summed E-state index contributed by atoms with van der Waals surface area (Å²) in [6, 6.07) is 28.5. The number of rotatable bonds is 5. The van der Waals surface area contributed by atoms with Crippen molar-refractivity contribution >= 4 is 23.0 Å². The van der Waals surface area contributed by atoms with Crippen molar-refractivity contribution in [1.29, 1.82) is 0 Å². The third-order valence-corrected chi connectivity index (χ3v) is 8.54. The van der Waals surface area contributed by atoms with Crippen molar-refractivity contribution in [3.63, 3.8) is 0 Å². The highest BCUT2D eigenvalue weighted by Crippen LogP contribution is 2.57. The molecule has 1 unspecified atom stereocenters. The van der Waals surface area contributed by atoms with Crippen molar-refractivity contribution < 1.29 is 14.3 Å². The largest absolute Gasteiger partial charge is 0.456 e. The van der Waals surface area contributed by atoms with Crippen LogP contribution in [0.2, 0.25) is 0 Å². The molecule has 1 saturated carbocycles. The Morgan fingerprint density at radius 1 is 0.800 bits per heavy atom. The number of hydrazine groups is 1. The number of aryl methyl sites for hydroxylation is 1. The molecule has 6 nitrogen and oxygen atoms in total. The van der Waals surface area contributed by atoms with E-state index >= 15 is 0 Å². The van der Waals surface area contributed by atoms with Crippen LogP contribution in [-0.2, 0) is 10.3 Å². The molecule has 3 aliphatic rings. The number of nitrogens with one attached hydrogen (secondary N) is 2. The van der Waals surface area contributed by atoms with Gasteiger partial charge >= 0.3 is 5.97 Å². The number of esters is 1. The number of benzene rings is 4. The van der Waals surface area contributed by atoms with Crippen LogP contribution < -0.4 is 15.5 Å². The summed E-state index contributed by atoms with van der Waals surface area (Å²) in [5, 5.41) is 5.76. The number of carbonyl (C=O) groups is 1. The summed E-state index contributed by atoms with van der Waals surface area (Å²) in [4.78, 5) is 13.3. The van der Waals surface area contributed by atoms with Gasteiger partial charge in [0.15, 0.2) is 5.60 Å². The number of ether oxygens (including phenoxy) is 2. The van der Waals surface area contributed by atoms with Gasteiger partial charge in [-0.25, -0.2) is 9.80 Å². The Labute approximate surface area is 234 Å². The lowest BCUT2D eigenvalue weighted by Crippen LogP contribution is -2.38. The van der Waals surface area contributed by atoms with Gasteiger partial charge in [0.2, 0.25) is 0 Å². The molecule has 1 fully saturated rings. The van der Waals surface area contributed by atoms with Crippen LogP contribution in [0.3, 0.4) is 0 Å². The normalized spacial score (nSPS) is 19.4. The third kappa shape index (κ3) is 4.02. The molecule has 4 aromatic carbocycles. The average molecular weight is 532 g/mol. The molecule has 0 aromatic heterocycles. The Morgan fingerprint density at radius 2 is 1.55 bits per heavy atom. The second-order valence-electron chi connectivity index (χ2n) is 11.1. The topological polar surface area (TPSA) is 62.8 Å². The maximum Gasteiger partial charge on any atom is 0.340 e. The van der Waals surface area contributed by atoms with Crippen LogP contribution in [0.1, 0.15) is 64.7 Å². The molecule has 0 bridgehead atoms. The van der Waals surface area contributed by atoms with E-state index in [0.29, 0.717) is 23.1 Å². The first kappa shape index (κ1) is 24.7. The van der Waals surface area contributed by atoms with E-state index in [1.165, 1.54) is 32.1 Å². The average Bonchev–Trinajstić information content (AvgIpc) is 3.27. The predicted molar refractivity (Wildman–Crippen MR) is 157 cm³/mol. The Morgan fingerprint density at radius 3 is 2.38 bits per heavy atom. The SMILES string of the molecule is Cc1cc2c(cc1Nc1ccccc1)C1(OC(=O)c3ccccc31)c1ccc(NN(C)C3CCCCC3)cc1O2. The molecular weight excluding hydrogens is 498 g/mol. The van der Waals surface area contributed by atoms with Gasteiger partial charge in [0.25, 0.3) is 0 Å². The maximum absolute atomic E-state index is 13.3. The van der Waals surface area contributed by atoms with Gasteiger partial charge in [-0.15, -0.1) is 0 Å². The predicted octanol–water partition coefficient (Wildman–Crippen LogP) is 7.90. The van der Waals surface area contributed by atoms with Gasteiger partial charge in [0.05, 0.1) is 11.3 Å². The van der Waals surface area contributed by atoms with Crippen LogP contribution in [-0.4, -0.2) is 24.1 Å². The van der Waals surface area contributed by atoms with Crippen molar-refractivity contribution in [2.24, 2.45) is 0 Å². The van der Waals surface area contributed by atoms with Crippen molar-refractivity contribution in [2.75, 3.05) is 17.8 Å². The summed E-state index contributed by atoms with van der Waals surface area (Å²) in [6.45, 7) is 2.06. The molecular formula is C34H33N3O3. The van der Waals surface area contributed by atoms with Crippen LogP contribution in [0.4, 0.5) is 17.1 Å². The summed E-state index contributed by atoms with van der Waals surface area (Å²) in [5.74, 6) is 1.04. The second-order valence-corrected chi connectivity index (χ2v) is 11.1. The zero-order valence-corrected chi connectivity index (χ0v) is 22.9. The van der Waals surface area contributed by atoms with E-state index in [0.717, 1.165) is 39.3 Å². The van der Waals surface area contributed by atoms with Crippen molar-refractivity contribution in [3.05, 3.63) is 113 Å². The van der Waals surface area contributed by atoms with E-state index in [2.05, 4.69) is 41.9 Å². The highest BCUT2D eigenvalue weighted by Gasteiger charge is 2.53. The van der Waals surface area contributed by atoms with Crippen LogP contribution in [0.25, 0.3) is 0 Å². The Balaban J connectivity index is 1.34. The lowest BCUT2D eigenvalue weighted by atomic mass is 9.77. The number of anilines is 3. The van der Waals surface area contributed by atoms with E-state index in [-0.39, 0.29) is 5.97 Å². The molecule has 0 radical (unpaired) electrons. The smallest absolute Gasteiger partial charge is 0.340 e. The number of hydrogen-bond acceptors (Lipinski definition) is 6. The van der Waals surface area contributed by atoms with Crippen molar-refractivity contribution in [3.8, 4) is 11.5 Å². The van der Waals surface area contributed by atoms with Crippen molar-refractivity contribution in [1.82, 2.24) is 5.01 Å². The van der Waals surface area contributed by atoms with E-state index in [9.17, 15) is 4.79 Å². The summed E-state index contributed by atoms with van der Waals surface area (Å²) < 4.78 is 13.0. The Kier molecular flexibility index (Phi) is 6.01. The summed E-state index contributed by atoms with van der Waals surface area (Å²) in [6.07, 6.45) is 6.27. The molecule has 7 rings (SSSR count). The first-order valence-electron chi connectivity index (χ1n) is 14.1. The number of fused-ring (bicyclic) bond motifs is 6. The van der Waals surface area contributed by atoms with E-state index < -0.39 is 5.60 Å². The van der Waals surface area contributed by atoms with Gasteiger partial charge in [-0.05, 0) is 67.8 Å². The fraction of sp³-hybridized carbons (Fsp3) is 0.265. The molecule has 202 valence electrons. The number of para-hydroxylation sites is 1. The van der Waals surface area contributed by atoms with E-state index in [4.69, 9.17) is 9.47 Å². The quantitative estimate of drug-likeness (QED) is 0.202. The van der Waals surface area contributed by atoms with Gasteiger partial charge in [0, 0.05) is 47.2 Å². The lowest BCUT2D eigenvalue weighted by molar-refractivity contribution is 0.0224. The summed E-state index contributed by atoms with van der Waals surface area (Å²) in [5.41, 5.74) is 9.41. The zero-order chi connectivity index (χ0) is 27.3. The highest BCUT2D eigenvalue weighted by molar-refractivity contribution is 5.97. The minimum Gasteiger partial charge on any atom is -0.456 e. The molecule has 2 aliphatic heterocycles. The van der Waals surface area contributed by atoms with Crippen LogP contribution in [0.15, 0.2) is 84.9 Å². The second kappa shape index (κ2) is 9.72. The lowest BCUT2D eigenvalue weighted by Gasteiger charge is -2.38. The molecule has 4 aromatic rings. The van der Waals surface area contributed by atoms with Crippen LogP contribution in [0.5, 0.6) is 11.5 Å². The van der Waals surface area contributed by atoms with Gasteiger partial charge in [0.1, 0.15) is 11.5 Å². The first-order chi connectivity index (χ1) is 19.5. The Hall–Kier alpha value is -4.29. The first-order valence-corrected chi connectivity index (χ1v) is 14.1.